The number of carbonyl (C=O) groups excluding carboxylic acids is 1. The zero-order chi connectivity index (χ0) is 14.5. The molecule has 0 spiro atoms. The first-order valence-corrected chi connectivity index (χ1v) is 6.10. The van der Waals surface area contributed by atoms with Crippen molar-refractivity contribution in [2.24, 2.45) is 7.05 Å². The third-order valence-corrected chi connectivity index (χ3v) is 2.83. The van der Waals surface area contributed by atoms with Crippen molar-refractivity contribution in [3.05, 3.63) is 30.1 Å². The van der Waals surface area contributed by atoms with E-state index in [9.17, 15) is 4.79 Å². The molecule has 0 radical (unpaired) electrons. The van der Waals surface area contributed by atoms with E-state index in [1.807, 2.05) is 18.5 Å². The lowest BCUT2D eigenvalue weighted by Crippen LogP contribution is -2.15. The Morgan fingerprint density at radius 2 is 2.15 bits per heavy atom. The fraction of sp³-hybridized carbons (Fsp3) is 0.417. The number of anilines is 1. The van der Waals surface area contributed by atoms with Crippen LogP contribution in [-0.2, 0) is 11.8 Å². The summed E-state index contributed by atoms with van der Waals surface area (Å²) in [7, 11) is 3.21. The van der Waals surface area contributed by atoms with Crippen LogP contribution in [0.4, 0.5) is 5.95 Å². The summed E-state index contributed by atoms with van der Waals surface area (Å²) in [5, 5.41) is 11.0. The Bertz CT molecular complexity index is 580. The van der Waals surface area contributed by atoms with Crippen LogP contribution in [0.1, 0.15) is 29.0 Å². The Kier molecular flexibility index (Phi) is 4.24. The molecule has 2 aromatic rings. The monoisotopic (exact) mass is 276 g/mol. The van der Waals surface area contributed by atoms with Gasteiger partial charge in [0.2, 0.25) is 5.95 Å². The van der Waals surface area contributed by atoms with Crippen LogP contribution in [0.25, 0.3) is 0 Å². The number of methoxy groups -OCH3 is 1. The number of aromatic nitrogens is 5. The van der Waals surface area contributed by atoms with Gasteiger partial charge in [-0.25, -0.2) is 14.8 Å². The molecule has 1 atom stereocenters. The maximum atomic E-state index is 11.2. The molecule has 0 aliphatic carbocycles. The van der Waals surface area contributed by atoms with Gasteiger partial charge in [-0.1, -0.05) is 6.92 Å². The number of esters is 1. The number of hydrogen-bond acceptors (Lipinski definition) is 7. The van der Waals surface area contributed by atoms with Gasteiger partial charge in [-0.15, -0.1) is 10.2 Å². The summed E-state index contributed by atoms with van der Waals surface area (Å²) in [6.07, 6.45) is 4.51. The van der Waals surface area contributed by atoms with Crippen LogP contribution in [0.3, 0.4) is 0 Å². The predicted octanol–water partition coefficient (Wildman–Crippen LogP) is 0.607. The summed E-state index contributed by atoms with van der Waals surface area (Å²) in [4.78, 5) is 19.4. The molecule has 20 heavy (non-hydrogen) atoms. The van der Waals surface area contributed by atoms with E-state index in [2.05, 4.69) is 30.2 Å². The standard InChI is InChI=1S/C12H16N6O2/c1-8(10-17-16-7-18(10)2)4-13-12-14-5-9(6-15-12)11(19)20-3/h5-8H,4H2,1-3H3,(H,13,14,15)/t8-/m1/s1. The van der Waals surface area contributed by atoms with Crippen LogP contribution in [0.2, 0.25) is 0 Å². The first kappa shape index (κ1) is 13.9. The lowest BCUT2D eigenvalue weighted by molar-refractivity contribution is 0.0600. The van der Waals surface area contributed by atoms with Gasteiger partial charge < -0.3 is 14.6 Å². The number of nitrogens with one attached hydrogen (secondary N) is 1. The van der Waals surface area contributed by atoms with E-state index in [-0.39, 0.29) is 5.92 Å². The van der Waals surface area contributed by atoms with Crippen molar-refractivity contribution in [3.8, 4) is 0 Å². The Morgan fingerprint density at radius 1 is 1.45 bits per heavy atom. The Balaban J connectivity index is 1.94. The number of hydrogen-bond donors (Lipinski definition) is 1. The first-order chi connectivity index (χ1) is 9.61. The maximum Gasteiger partial charge on any atom is 0.341 e. The minimum Gasteiger partial charge on any atom is -0.465 e. The summed E-state index contributed by atoms with van der Waals surface area (Å²) >= 11 is 0. The van der Waals surface area contributed by atoms with Gasteiger partial charge in [0.15, 0.2) is 0 Å². The SMILES string of the molecule is COC(=O)c1cnc(NC[C@@H](C)c2nncn2C)nc1. The van der Waals surface area contributed by atoms with Gasteiger partial charge in [0.05, 0.1) is 12.7 Å². The van der Waals surface area contributed by atoms with Gasteiger partial charge in [0.25, 0.3) is 0 Å². The minimum atomic E-state index is -0.455. The van der Waals surface area contributed by atoms with Crippen LogP contribution < -0.4 is 5.32 Å². The van der Waals surface area contributed by atoms with Crippen molar-refractivity contribution in [3.63, 3.8) is 0 Å². The normalized spacial score (nSPS) is 11.9. The maximum absolute atomic E-state index is 11.2. The molecule has 0 saturated heterocycles. The van der Waals surface area contributed by atoms with Gasteiger partial charge in [0.1, 0.15) is 12.2 Å². The van der Waals surface area contributed by atoms with Crippen molar-refractivity contribution >= 4 is 11.9 Å². The molecule has 8 nitrogen and oxygen atoms in total. The molecule has 2 heterocycles. The number of carbonyl (C=O) groups is 1. The summed E-state index contributed by atoms with van der Waals surface area (Å²) in [6, 6.07) is 0. The largest absolute Gasteiger partial charge is 0.465 e. The fourth-order valence-corrected chi connectivity index (χ4v) is 1.72. The molecule has 2 rings (SSSR count). The second kappa shape index (κ2) is 6.09. The van der Waals surface area contributed by atoms with Gasteiger partial charge in [-0.3, -0.25) is 0 Å². The molecule has 8 heteroatoms. The van der Waals surface area contributed by atoms with Crippen LogP contribution >= 0.6 is 0 Å². The van der Waals surface area contributed by atoms with Gasteiger partial charge in [0, 0.05) is 31.9 Å². The predicted molar refractivity (Wildman–Crippen MR) is 71.3 cm³/mol. The molecule has 0 unspecified atom stereocenters. The number of nitrogens with zero attached hydrogens (tertiary/aromatic N) is 5. The van der Waals surface area contributed by atoms with Crippen molar-refractivity contribution in [2.45, 2.75) is 12.8 Å². The summed E-state index contributed by atoms with van der Waals surface area (Å²) in [5.41, 5.74) is 0.319. The highest BCUT2D eigenvalue weighted by molar-refractivity contribution is 5.88. The topological polar surface area (TPSA) is 94.8 Å². The highest BCUT2D eigenvalue weighted by Gasteiger charge is 2.12. The first-order valence-electron chi connectivity index (χ1n) is 6.10. The number of ether oxygens (including phenoxy) is 1. The average molecular weight is 276 g/mol. The Labute approximate surface area is 116 Å². The summed E-state index contributed by atoms with van der Waals surface area (Å²) in [6.45, 7) is 2.64. The second-order valence-corrected chi connectivity index (χ2v) is 4.37. The van der Waals surface area contributed by atoms with E-state index in [1.165, 1.54) is 19.5 Å². The van der Waals surface area contributed by atoms with Gasteiger partial charge >= 0.3 is 5.97 Å². The second-order valence-electron chi connectivity index (χ2n) is 4.37. The Morgan fingerprint density at radius 3 is 2.70 bits per heavy atom. The zero-order valence-electron chi connectivity index (χ0n) is 11.6. The van der Waals surface area contributed by atoms with E-state index in [0.29, 0.717) is 18.1 Å². The van der Waals surface area contributed by atoms with Crippen LogP contribution in [0, 0.1) is 0 Å². The van der Waals surface area contributed by atoms with Gasteiger partial charge in [-0.2, -0.15) is 0 Å². The van der Waals surface area contributed by atoms with E-state index in [0.717, 1.165) is 5.82 Å². The van der Waals surface area contributed by atoms with E-state index < -0.39 is 5.97 Å². The molecule has 0 amide bonds. The van der Waals surface area contributed by atoms with Gasteiger partial charge in [-0.05, 0) is 0 Å². The molecule has 0 aromatic carbocycles. The lowest BCUT2D eigenvalue weighted by atomic mass is 10.1. The van der Waals surface area contributed by atoms with Crippen molar-refractivity contribution < 1.29 is 9.53 Å². The highest BCUT2D eigenvalue weighted by Crippen LogP contribution is 2.11. The highest BCUT2D eigenvalue weighted by atomic mass is 16.5. The summed E-state index contributed by atoms with van der Waals surface area (Å²) < 4.78 is 6.45. The molecule has 2 aromatic heterocycles. The fourth-order valence-electron chi connectivity index (χ4n) is 1.72. The lowest BCUT2D eigenvalue weighted by Gasteiger charge is -2.11. The molecular weight excluding hydrogens is 260 g/mol. The van der Waals surface area contributed by atoms with E-state index in [4.69, 9.17) is 0 Å². The molecule has 0 fully saturated rings. The molecule has 0 aliphatic rings. The molecule has 0 aliphatic heterocycles. The zero-order valence-corrected chi connectivity index (χ0v) is 11.6. The van der Waals surface area contributed by atoms with Crippen molar-refractivity contribution in [2.75, 3.05) is 19.0 Å². The molecule has 106 valence electrons. The van der Waals surface area contributed by atoms with Crippen LogP contribution in [-0.4, -0.2) is 44.4 Å². The average Bonchev–Trinajstić information content (AvgIpc) is 2.90. The Hall–Kier alpha value is -2.51. The third kappa shape index (κ3) is 3.08. The van der Waals surface area contributed by atoms with E-state index >= 15 is 0 Å². The quantitative estimate of drug-likeness (QED) is 0.799. The minimum absolute atomic E-state index is 0.159. The van der Waals surface area contributed by atoms with Crippen LogP contribution in [0.15, 0.2) is 18.7 Å². The smallest absolute Gasteiger partial charge is 0.341 e. The molecular formula is C12H16N6O2. The number of aryl methyl sites for hydroxylation is 1. The molecule has 1 N–H and O–H groups in total. The molecule has 0 saturated carbocycles. The van der Waals surface area contributed by atoms with E-state index in [1.54, 1.807) is 6.33 Å². The van der Waals surface area contributed by atoms with Crippen LogP contribution in [0.5, 0.6) is 0 Å². The third-order valence-electron chi connectivity index (χ3n) is 2.83. The molecule has 0 bridgehead atoms. The summed E-state index contributed by atoms with van der Waals surface area (Å²) in [5.74, 6) is 1.03. The van der Waals surface area contributed by atoms with Crippen molar-refractivity contribution in [1.29, 1.82) is 0 Å². The number of rotatable bonds is 5. The van der Waals surface area contributed by atoms with Crippen molar-refractivity contribution in [1.82, 2.24) is 24.7 Å².